The molecular weight excluding hydrogens is 733 g/mol. The summed E-state index contributed by atoms with van der Waals surface area (Å²) in [5, 5.41) is 11.2. The van der Waals surface area contributed by atoms with Gasteiger partial charge >= 0.3 is 0 Å². The molecule has 1 atom stereocenters. The normalized spacial score (nSPS) is 14.5. The van der Waals surface area contributed by atoms with Crippen LogP contribution in [0.15, 0.2) is 192 Å². The third-order valence-electron chi connectivity index (χ3n) is 11.3. The molecule has 0 amide bonds. The van der Waals surface area contributed by atoms with Crippen molar-refractivity contribution >= 4 is 96.5 Å². The van der Waals surface area contributed by atoms with Gasteiger partial charge in [-0.15, -0.1) is 22.7 Å². The van der Waals surface area contributed by atoms with Crippen LogP contribution in [-0.4, -0.2) is 16.2 Å². The van der Waals surface area contributed by atoms with E-state index in [1.165, 1.54) is 79.0 Å². The monoisotopic (exact) mass is 764 g/mol. The molecule has 1 aliphatic rings. The van der Waals surface area contributed by atoms with Gasteiger partial charge in [-0.2, -0.15) is 0 Å². The van der Waals surface area contributed by atoms with Crippen molar-refractivity contribution in [3.8, 4) is 16.8 Å². The summed E-state index contributed by atoms with van der Waals surface area (Å²) in [6, 6.07) is 65.4. The van der Waals surface area contributed by atoms with Gasteiger partial charge in [0.25, 0.3) is 0 Å². The second-order valence-electron chi connectivity index (χ2n) is 14.6. The van der Waals surface area contributed by atoms with Crippen LogP contribution < -0.4 is 5.32 Å². The summed E-state index contributed by atoms with van der Waals surface area (Å²) >= 11 is 3.73. The van der Waals surface area contributed by atoms with E-state index in [-0.39, 0.29) is 6.17 Å². The first-order chi connectivity index (χ1) is 28.2. The molecule has 1 N–H and O–H groups in total. The van der Waals surface area contributed by atoms with E-state index in [0.717, 1.165) is 28.4 Å². The van der Waals surface area contributed by atoms with E-state index in [1.54, 1.807) is 0 Å². The van der Waals surface area contributed by atoms with Crippen LogP contribution in [0.3, 0.4) is 0 Å². The maximum absolute atomic E-state index is 5.15. The predicted octanol–water partition coefficient (Wildman–Crippen LogP) is 13.7. The second kappa shape index (κ2) is 12.8. The number of aliphatic imine (C=N–C) groups is 2. The van der Waals surface area contributed by atoms with Crippen molar-refractivity contribution in [2.24, 2.45) is 9.98 Å². The van der Waals surface area contributed by atoms with E-state index in [1.807, 2.05) is 46.9 Å². The van der Waals surface area contributed by atoms with Gasteiger partial charge in [-0.25, -0.2) is 9.98 Å². The van der Waals surface area contributed by atoms with Gasteiger partial charge < -0.3 is 9.88 Å². The number of nitrogens with one attached hydrogen (secondary N) is 1. The summed E-state index contributed by atoms with van der Waals surface area (Å²) in [5.41, 5.74) is 9.32. The molecule has 0 radical (unpaired) electrons. The lowest BCUT2D eigenvalue weighted by Gasteiger charge is -2.23. The summed E-state index contributed by atoms with van der Waals surface area (Å²) in [6.07, 6.45) is -0.236. The fourth-order valence-corrected chi connectivity index (χ4v) is 11.1. The first kappa shape index (κ1) is 32.4. The highest BCUT2D eigenvalue weighted by atomic mass is 32.1. The number of fused-ring (bicyclic) bond motifs is 9. The number of para-hydroxylation sites is 2. The Morgan fingerprint density at radius 3 is 1.89 bits per heavy atom. The maximum Gasteiger partial charge on any atom is 0.159 e. The Labute approximate surface area is 336 Å². The lowest BCUT2D eigenvalue weighted by Crippen LogP contribution is -2.33. The zero-order valence-electron chi connectivity index (χ0n) is 30.6. The number of aromatic nitrogens is 1. The van der Waals surface area contributed by atoms with Crippen LogP contribution in [-0.2, 0) is 0 Å². The van der Waals surface area contributed by atoms with Gasteiger partial charge in [0.1, 0.15) is 12.0 Å². The predicted molar refractivity (Wildman–Crippen MR) is 244 cm³/mol. The third-order valence-corrected chi connectivity index (χ3v) is 13.7. The van der Waals surface area contributed by atoms with Crippen LogP contribution in [0.2, 0.25) is 0 Å². The number of rotatable bonds is 5. The zero-order valence-corrected chi connectivity index (χ0v) is 32.2. The molecule has 0 saturated heterocycles. The number of thiophene rings is 2. The minimum Gasteiger partial charge on any atom is -0.344 e. The molecule has 6 heteroatoms. The van der Waals surface area contributed by atoms with Gasteiger partial charge in [-0.1, -0.05) is 146 Å². The Morgan fingerprint density at radius 1 is 0.456 bits per heavy atom. The highest BCUT2D eigenvalue weighted by Crippen LogP contribution is 2.45. The van der Waals surface area contributed by atoms with Gasteiger partial charge in [0.15, 0.2) is 5.84 Å². The Kier molecular flexibility index (Phi) is 7.30. The van der Waals surface area contributed by atoms with Crippen molar-refractivity contribution in [1.29, 1.82) is 0 Å². The Bertz CT molecular complexity index is 3390. The molecule has 1 aliphatic heterocycles. The van der Waals surface area contributed by atoms with Gasteiger partial charge in [0.05, 0.1) is 21.4 Å². The molecular formula is C51H32N4S2. The quantitative estimate of drug-likeness (QED) is 0.186. The zero-order chi connectivity index (χ0) is 37.5. The molecule has 11 aromatic rings. The van der Waals surface area contributed by atoms with Crippen LogP contribution in [0.5, 0.6) is 0 Å². The second-order valence-corrected chi connectivity index (χ2v) is 16.7. The molecule has 0 aliphatic carbocycles. The number of nitrogens with zero attached hydrogens (tertiary/aromatic N) is 3. The van der Waals surface area contributed by atoms with E-state index >= 15 is 0 Å². The average Bonchev–Trinajstić information content (AvgIpc) is 3.96. The molecule has 1 unspecified atom stereocenters. The molecule has 12 rings (SSSR count). The van der Waals surface area contributed by atoms with Crippen molar-refractivity contribution in [3.05, 3.63) is 199 Å². The SMILES string of the molecule is c1ccc(C2=NC(c3ccc4c(c3)sc3c(-c5ccc6sc7c(-n8c9ccccc9c9ccccc98)cccc7c6c5)cccc34)=NC(c3ccccc3)N2)cc1. The summed E-state index contributed by atoms with van der Waals surface area (Å²) in [7, 11) is 0. The lowest BCUT2D eigenvalue weighted by molar-refractivity contribution is 0.674. The number of amidine groups is 2. The fourth-order valence-electron chi connectivity index (χ4n) is 8.60. The molecule has 0 fully saturated rings. The molecule has 57 heavy (non-hydrogen) atoms. The van der Waals surface area contributed by atoms with E-state index in [0.29, 0.717) is 0 Å². The third kappa shape index (κ3) is 5.18. The highest BCUT2D eigenvalue weighted by Gasteiger charge is 2.22. The number of hydrogen-bond acceptors (Lipinski definition) is 5. The first-order valence-corrected chi connectivity index (χ1v) is 20.8. The van der Waals surface area contributed by atoms with Crippen LogP contribution in [0, 0.1) is 0 Å². The number of hydrogen-bond donors (Lipinski definition) is 1. The van der Waals surface area contributed by atoms with E-state index < -0.39 is 0 Å². The van der Waals surface area contributed by atoms with Crippen LogP contribution in [0.4, 0.5) is 0 Å². The van der Waals surface area contributed by atoms with Crippen molar-refractivity contribution in [3.63, 3.8) is 0 Å². The summed E-state index contributed by atoms with van der Waals surface area (Å²) < 4.78 is 7.55. The molecule has 3 aromatic heterocycles. The summed E-state index contributed by atoms with van der Waals surface area (Å²) in [5.74, 6) is 1.56. The van der Waals surface area contributed by atoms with Crippen molar-refractivity contribution in [1.82, 2.24) is 9.88 Å². The summed E-state index contributed by atoms with van der Waals surface area (Å²) in [4.78, 5) is 10.2. The minimum atomic E-state index is -0.236. The topological polar surface area (TPSA) is 41.7 Å². The largest absolute Gasteiger partial charge is 0.344 e. The fraction of sp³-hybridized carbons (Fsp3) is 0.0196. The Hall–Kier alpha value is -6.86. The molecule has 0 bridgehead atoms. The smallest absolute Gasteiger partial charge is 0.159 e. The van der Waals surface area contributed by atoms with Crippen LogP contribution >= 0.6 is 22.7 Å². The minimum absolute atomic E-state index is 0.236. The van der Waals surface area contributed by atoms with E-state index in [9.17, 15) is 0 Å². The number of benzene rings is 8. The standard InChI is InChI=1S/C51H32N4S2/c1-3-13-31(14-4-1)49-52-50(32-15-5-2-6-16-32)54-51(53-49)34-25-27-38-39-20-11-19-35(47(39)57-46(38)30-34)33-26-28-45-41(29-33)40-21-12-24-44(48(40)56-45)55-42-22-9-7-17-36(42)37-18-8-10-23-43(37)55/h1-30,49H,(H,52,53,54). The average molecular weight is 765 g/mol. The molecule has 0 spiro atoms. The Morgan fingerprint density at radius 2 is 1.11 bits per heavy atom. The van der Waals surface area contributed by atoms with Crippen molar-refractivity contribution < 1.29 is 0 Å². The maximum atomic E-state index is 5.15. The van der Waals surface area contributed by atoms with Crippen molar-refractivity contribution in [2.75, 3.05) is 0 Å². The van der Waals surface area contributed by atoms with Gasteiger partial charge in [0.2, 0.25) is 0 Å². The van der Waals surface area contributed by atoms with Gasteiger partial charge in [0, 0.05) is 57.5 Å². The highest BCUT2D eigenvalue weighted by molar-refractivity contribution is 7.26. The van der Waals surface area contributed by atoms with E-state index in [2.05, 4.69) is 168 Å². The first-order valence-electron chi connectivity index (χ1n) is 19.2. The lowest BCUT2D eigenvalue weighted by atomic mass is 10.00. The van der Waals surface area contributed by atoms with Gasteiger partial charge in [-0.05, 0) is 53.1 Å². The van der Waals surface area contributed by atoms with Crippen molar-refractivity contribution in [2.45, 2.75) is 6.17 Å². The van der Waals surface area contributed by atoms with Crippen LogP contribution in [0.25, 0.3) is 79.0 Å². The van der Waals surface area contributed by atoms with E-state index in [4.69, 9.17) is 9.98 Å². The molecule has 8 aromatic carbocycles. The summed E-state index contributed by atoms with van der Waals surface area (Å²) in [6.45, 7) is 0. The molecule has 4 nitrogen and oxygen atoms in total. The molecule has 4 heterocycles. The van der Waals surface area contributed by atoms with Gasteiger partial charge in [-0.3, -0.25) is 0 Å². The molecule has 268 valence electrons. The molecule has 0 saturated carbocycles. The van der Waals surface area contributed by atoms with Crippen LogP contribution in [0.1, 0.15) is 22.9 Å². The Balaban J connectivity index is 0.976.